The number of carbonyl (C=O) groups excluding carboxylic acids is 1. The third-order valence-corrected chi connectivity index (χ3v) is 5.61. The number of amides is 1. The molecule has 1 N–H and O–H groups in total. The third-order valence-electron chi connectivity index (χ3n) is 5.61. The Kier molecular flexibility index (Phi) is 3.90. The van der Waals surface area contributed by atoms with Gasteiger partial charge >= 0.3 is 0 Å². The van der Waals surface area contributed by atoms with E-state index in [1.54, 1.807) is 6.07 Å². The standard InChI is InChI=1S/C27H17N3O/c31-27(28-18-8-2-1-3-9-18)17-14-15-23-24(16-17)30-26-22-13-7-5-11-20(22)19-10-4-6-12-21(19)25(26)29-23/h1-16H,(H,28,31). The van der Waals surface area contributed by atoms with Gasteiger partial charge in [0.1, 0.15) is 0 Å². The first kappa shape index (κ1) is 17.5. The summed E-state index contributed by atoms with van der Waals surface area (Å²) in [6.07, 6.45) is 0. The van der Waals surface area contributed by atoms with Crippen molar-refractivity contribution in [1.82, 2.24) is 9.97 Å². The molecule has 1 heterocycles. The van der Waals surface area contributed by atoms with Gasteiger partial charge in [0.05, 0.1) is 22.1 Å². The van der Waals surface area contributed by atoms with Gasteiger partial charge in [-0.1, -0.05) is 66.7 Å². The summed E-state index contributed by atoms with van der Waals surface area (Å²) >= 11 is 0. The highest BCUT2D eigenvalue weighted by molar-refractivity contribution is 6.23. The minimum atomic E-state index is -0.168. The van der Waals surface area contributed by atoms with E-state index in [1.807, 2.05) is 66.7 Å². The van der Waals surface area contributed by atoms with Crippen molar-refractivity contribution in [2.45, 2.75) is 0 Å². The van der Waals surface area contributed by atoms with Crippen molar-refractivity contribution in [1.29, 1.82) is 0 Å². The van der Waals surface area contributed by atoms with Gasteiger partial charge in [0.25, 0.3) is 5.91 Å². The number of hydrogen-bond donors (Lipinski definition) is 1. The van der Waals surface area contributed by atoms with Crippen LogP contribution in [-0.4, -0.2) is 15.9 Å². The highest BCUT2D eigenvalue weighted by Gasteiger charge is 2.13. The van der Waals surface area contributed by atoms with Crippen LogP contribution in [0.4, 0.5) is 5.69 Å². The molecule has 0 aliphatic carbocycles. The Morgan fingerprint density at radius 1 is 0.581 bits per heavy atom. The van der Waals surface area contributed by atoms with E-state index in [0.717, 1.165) is 43.8 Å². The molecule has 0 fully saturated rings. The lowest BCUT2D eigenvalue weighted by atomic mass is 9.99. The van der Waals surface area contributed by atoms with Crippen LogP contribution in [0, 0.1) is 0 Å². The van der Waals surface area contributed by atoms with Crippen molar-refractivity contribution in [3.63, 3.8) is 0 Å². The van der Waals surface area contributed by atoms with Crippen LogP contribution in [0.2, 0.25) is 0 Å². The average molecular weight is 399 g/mol. The Hall–Kier alpha value is -4.31. The fourth-order valence-electron chi connectivity index (χ4n) is 4.14. The van der Waals surface area contributed by atoms with E-state index in [1.165, 1.54) is 0 Å². The number of anilines is 1. The summed E-state index contributed by atoms with van der Waals surface area (Å²) in [6, 6.07) is 31.5. The van der Waals surface area contributed by atoms with E-state index in [2.05, 4.69) is 29.6 Å². The second kappa shape index (κ2) is 6.89. The van der Waals surface area contributed by atoms with Crippen molar-refractivity contribution in [2.75, 3.05) is 5.32 Å². The number of para-hydroxylation sites is 1. The summed E-state index contributed by atoms with van der Waals surface area (Å²) in [5.41, 5.74) is 4.51. The lowest BCUT2D eigenvalue weighted by Crippen LogP contribution is -2.11. The normalized spacial score (nSPS) is 11.4. The third kappa shape index (κ3) is 2.89. The SMILES string of the molecule is O=C(Nc1ccccc1)c1ccc2nc3c4ccccc4c4ccccc4c3nc2c1. The zero-order valence-electron chi connectivity index (χ0n) is 16.5. The zero-order chi connectivity index (χ0) is 20.8. The molecule has 4 heteroatoms. The Bertz CT molecular complexity index is 1620. The van der Waals surface area contributed by atoms with E-state index in [4.69, 9.17) is 9.97 Å². The van der Waals surface area contributed by atoms with Crippen molar-refractivity contribution in [2.24, 2.45) is 0 Å². The maximum absolute atomic E-state index is 12.7. The molecular weight excluding hydrogens is 382 g/mol. The molecule has 0 radical (unpaired) electrons. The van der Waals surface area contributed by atoms with Crippen LogP contribution >= 0.6 is 0 Å². The van der Waals surface area contributed by atoms with Gasteiger partial charge in [0.2, 0.25) is 0 Å². The highest BCUT2D eigenvalue weighted by atomic mass is 16.1. The largest absolute Gasteiger partial charge is 0.322 e. The number of hydrogen-bond acceptors (Lipinski definition) is 3. The second-order valence-corrected chi connectivity index (χ2v) is 7.54. The number of aromatic nitrogens is 2. The van der Waals surface area contributed by atoms with Crippen molar-refractivity contribution >= 4 is 55.2 Å². The smallest absolute Gasteiger partial charge is 0.255 e. The number of carbonyl (C=O) groups is 1. The van der Waals surface area contributed by atoms with E-state index in [-0.39, 0.29) is 5.91 Å². The molecular formula is C27H17N3O. The van der Waals surface area contributed by atoms with Crippen molar-refractivity contribution in [3.8, 4) is 0 Å². The van der Waals surface area contributed by atoms with Crippen LogP contribution in [-0.2, 0) is 0 Å². The van der Waals surface area contributed by atoms with E-state index >= 15 is 0 Å². The lowest BCUT2D eigenvalue weighted by Gasteiger charge is -2.10. The molecule has 0 saturated carbocycles. The van der Waals surface area contributed by atoms with E-state index in [9.17, 15) is 4.79 Å². The topological polar surface area (TPSA) is 54.9 Å². The molecule has 0 bridgehead atoms. The maximum Gasteiger partial charge on any atom is 0.255 e. The second-order valence-electron chi connectivity index (χ2n) is 7.54. The minimum absolute atomic E-state index is 0.168. The van der Waals surface area contributed by atoms with Crippen LogP contribution in [0.15, 0.2) is 97.1 Å². The molecule has 6 aromatic rings. The summed E-state index contributed by atoms with van der Waals surface area (Å²) in [4.78, 5) is 22.7. The molecule has 0 atom stereocenters. The van der Waals surface area contributed by atoms with Gasteiger partial charge in [0.15, 0.2) is 0 Å². The number of nitrogens with zero attached hydrogens (tertiary/aromatic N) is 2. The van der Waals surface area contributed by atoms with Gasteiger partial charge in [-0.2, -0.15) is 0 Å². The van der Waals surface area contributed by atoms with Gasteiger partial charge in [-0.3, -0.25) is 4.79 Å². The molecule has 1 amide bonds. The first-order valence-electron chi connectivity index (χ1n) is 10.2. The zero-order valence-corrected chi connectivity index (χ0v) is 16.5. The molecule has 1 aromatic heterocycles. The predicted molar refractivity (Wildman–Crippen MR) is 126 cm³/mol. The number of benzene rings is 5. The fraction of sp³-hybridized carbons (Fsp3) is 0. The van der Waals surface area contributed by atoms with Crippen LogP contribution in [0.5, 0.6) is 0 Å². The number of fused-ring (bicyclic) bond motifs is 7. The van der Waals surface area contributed by atoms with Crippen molar-refractivity contribution in [3.05, 3.63) is 103 Å². The molecule has 146 valence electrons. The van der Waals surface area contributed by atoms with Gasteiger partial charge in [-0.25, -0.2) is 9.97 Å². The Morgan fingerprint density at radius 2 is 1.13 bits per heavy atom. The molecule has 0 saturated heterocycles. The summed E-state index contributed by atoms with van der Waals surface area (Å²) in [5, 5.41) is 7.38. The van der Waals surface area contributed by atoms with Gasteiger partial charge in [-0.05, 0) is 41.1 Å². The number of nitrogens with one attached hydrogen (secondary N) is 1. The molecule has 0 unspecified atom stereocenters. The Morgan fingerprint density at radius 3 is 1.77 bits per heavy atom. The first-order chi connectivity index (χ1) is 15.3. The van der Waals surface area contributed by atoms with E-state index < -0.39 is 0 Å². The predicted octanol–water partition coefficient (Wildman–Crippen LogP) is 6.34. The van der Waals surface area contributed by atoms with Gasteiger partial charge in [0, 0.05) is 22.0 Å². The van der Waals surface area contributed by atoms with Crippen LogP contribution in [0.1, 0.15) is 10.4 Å². The summed E-state index contributed by atoms with van der Waals surface area (Å²) in [7, 11) is 0. The summed E-state index contributed by atoms with van der Waals surface area (Å²) in [5.74, 6) is -0.168. The van der Waals surface area contributed by atoms with E-state index in [0.29, 0.717) is 11.1 Å². The van der Waals surface area contributed by atoms with Crippen LogP contribution < -0.4 is 5.32 Å². The molecule has 0 aliphatic rings. The lowest BCUT2D eigenvalue weighted by molar-refractivity contribution is 0.102. The van der Waals surface area contributed by atoms with Gasteiger partial charge < -0.3 is 5.32 Å². The number of rotatable bonds is 2. The Balaban J connectivity index is 1.57. The quantitative estimate of drug-likeness (QED) is 0.273. The summed E-state index contributed by atoms with van der Waals surface area (Å²) < 4.78 is 0. The molecule has 31 heavy (non-hydrogen) atoms. The van der Waals surface area contributed by atoms with Gasteiger partial charge in [-0.15, -0.1) is 0 Å². The minimum Gasteiger partial charge on any atom is -0.322 e. The van der Waals surface area contributed by atoms with Crippen LogP contribution in [0.3, 0.4) is 0 Å². The fourth-order valence-corrected chi connectivity index (χ4v) is 4.14. The van der Waals surface area contributed by atoms with Crippen molar-refractivity contribution < 1.29 is 4.79 Å². The van der Waals surface area contributed by atoms with Crippen LogP contribution in [0.25, 0.3) is 43.6 Å². The first-order valence-corrected chi connectivity index (χ1v) is 10.2. The molecule has 0 spiro atoms. The molecule has 0 aliphatic heterocycles. The average Bonchev–Trinajstić information content (AvgIpc) is 2.83. The summed E-state index contributed by atoms with van der Waals surface area (Å²) in [6.45, 7) is 0. The molecule has 4 nitrogen and oxygen atoms in total. The Labute approximate surface area is 178 Å². The molecule has 5 aromatic carbocycles. The molecule has 6 rings (SSSR count). The monoisotopic (exact) mass is 399 g/mol. The highest BCUT2D eigenvalue weighted by Crippen LogP contribution is 2.34. The maximum atomic E-state index is 12.7.